The lowest BCUT2D eigenvalue weighted by Crippen LogP contribution is -2.56. The summed E-state index contributed by atoms with van der Waals surface area (Å²) in [5.74, 6) is -2.23. The van der Waals surface area contributed by atoms with E-state index in [1.807, 2.05) is 62.4 Å². The largest absolute Gasteiger partial charge is 0.459 e. The monoisotopic (exact) mass is 511 g/mol. The Morgan fingerprint density at radius 3 is 1.86 bits per heavy atom. The van der Waals surface area contributed by atoms with Gasteiger partial charge in [0, 0.05) is 6.92 Å². The quantitative estimate of drug-likeness (QED) is 0.286. The Morgan fingerprint density at radius 2 is 1.32 bits per heavy atom. The molecule has 0 aromatic heterocycles. The first-order valence-corrected chi connectivity index (χ1v) is 12.4. The third kappa shape index (κ3) is 10.8. The van der Waals surface area contributed by atoms with Gasteiger partial charge in [-0.15, -0.1) is 0 Å². The second-order valence-electron chi connectivity index (χ2n) is 9.31. The van der Waals surface area contributed by atoms with Gasteiger partial charge in [-0.3, -0.25) is 14.4 Å². The van der Waals surface area contributed by atoms with Crippen LogP contribution in [0.5, 0.6) is 0 Å². The number of nitrogens with one attached hydrogen (secondary N) is 3. The summed E-state index contributed by atoms with van der Waals surface area (Å²) < 4.78 is 5.23. The first-order chi connectivity index (χ1) is 17.7. The molecular weight excluding hydrogens is 474 g/mol. The van der Waals surface area contributed by atoms with Crippen LogP contribution >= 0.6 is 0 Å². The Kier molecular flexibility index (Phi) is 12.3. The fraction of sp³-hybridized carbons (Fsp3) is 0.429. The average molecular weight is 512 g/mol. The molecule has 0 aliphatic carbocycles. The van der Waals surface area contributed by atoms with Crippen LogP contribution in [0, 0.1) is 5.92 Å². The molecule has 3 atom stereocenters. The van der Waals surface area contributed by atoms with E-state index in [2.05, 4.69) is 16.0 Å². The summed E-state index contributed by atoms with van der Waals surface area (Å²) in [4.78, 5) is 50.4. The van der Waals surface area contributed by atoms with E-state index in [0.717, 1.165) is 11.1 Å². The minimum Gasteiger partial charge on any atom is -0.459 e. The Hall–Kier alpha value is -3.72. The zero-order valence-electron chi connectivity index (χ0n) is 21.6. The molecule has 4 N–H and O–H groups in total. The summed E-state index contributed by atoms with van der Waals surface area (Å²) in [6.07, 6.45) is 1.19. The third-order valence-corrected chi connectivity index (χ3v) is 5.61. The molecule has 0 radical (unpaired) electrons. The number of amides is 3. The highest BCUT2D eigenvalue weighted by Crippen LogP contribution is 2.10. The molecule has 3 amide bonds. The first kappa shape index (κ1) is 29.5. The van der Waals surface area contributed by atoms with Crippen LogP contribution < -0.4 is 16.0 Å². The van der Waals surface area contributed by atoms with Crippen molar-refractivity contribution in [3.8, 4) is 0 Å². The van der Waals surface area contributed by atoms with E-state index in [1.54, 1.807) is 12.1 Å². The van der Waals surface area contributed by atoms with Crippen LogP contribution in [0.25, 0.3) is 0 Å². The molecule has 0 aliphatic rings. The number of aliphatic hydroxyl groups excluding tert-OH is 1. The summed E-state index contributed by atoms with van der Waals surface area (Å²) >= 11 is 0. The van der Waals surface area contributed by atoms with Gasteiger partial charge in [0.1, 0.15) is 18.7 Å². The molecule has 2 aromatic carbocycles. The van der Waals surface area contributed by atoms with Crippen molar-refractivity contribution in [2.45, 2.75) is 64.8 Å². The second kappa shape index (κ2) is 15.4. The Balaban J connectivity index is 2.03. The van der Waals surface area contributed by atoms with E-state index in [0.29, 0.717) is 19.3 Å². The molecule has 0 bridgehead atoms. The molecule has 9 nitrogen and oxygen atoms in total. The van der Waals surface area contributed by atoms with Crippen LogP contribution in [0.1, 0.15) is 44.7 Å². The molecule has 0 saturated heterocycles. The molecule has 9 heteroatoms. The van der Waals surface area contributed by atoms with Crippen molar-refractivity contribution in [1.82, 2.24) is 16.0 Å². The number of carbonyl (C=O) groups excluding carboxylic acids is 4. The molecule has 0 heterocycles. The van der Waals surface area contributed by atoms with E-state index >= 15 is 0 Å². The Morgan fingerprint density at radius 1 is 0.784 bits per heavy atom. The highest BCUT2D eigenvalue weighted by atomic mass is 16.5. The minimum atomic E-state index is -1.29. The predicted octanol–water partition coefficient (Wildman–Crippen LogP) is 1.88. The summed E-state index contributed by atoms with van der Waals surface area (Å²) in [5.41, 5.74) is 1.78. The smallest absolute Gasteiger partial charge is 0.331 e. The summed E-state index contributed by atoms with van der Waals surface area (Å²) in [6.45, 7) is 4.45. The fourth-order valence-electron chi connectivity index (χ4n) is 3.73. The van der Waals surface area contributed by atoms with E-state index in [4.69, 9.17) is 4.74 Å². The topological polar surface area (TPSA) is 134 Å². The summed E-state index contributed by atoms with van der Waals surface area (Å²) in [6, 6.07) is 15.5. The lowest BCUT2D eigenvalue weighted by atomic mass is 10.0. The SMILES string of the molecule is CC(=O)N[C@@H](CCc1ccccc1)C(=O)N[C@@H](CC(C)C)C(=O)N[C@@H](CO)C(=O)OCc1ccccc1. The van der Waals surface area contributed by atoms with E-state index < -0.39 is 42.5 Å². The van der Waals surface area contributed by atoms with Crippen LogP contribution in [0.4, 0.5) is 0 Å². The molecule has 2 aromatic rings. The zero-order valence-corrected chi connectivity index (χ0v) is 21.6. The maximum Gasteiger partial charge on any atom is 0.331 e. The maximum atomic E-state index is 13.1. The van der Waals surface area contributed by atoms with Crippen molar-refractivity contribution in [2.75, 3.05) is 6.61 Å². The third-order valence-electron chi connectivity index (χ3n) is 5.61. The lowest BCUT2D eigenvalue weighted by molar-refractivity contribution is -0.150. The van der Waals surface area contributed by atoms with Crippen LogP contribution in [0.2, 0.25) is 0 Å². The van der Waals surface area contributed by atoms with Crippen molar-refractivity contribution in [3.63, 3.8) is 0 Å². The van der Waals surface area contributed by atoms with Gasteiger partial charge in [0.2, 0.25) is 17.7 Å². The van der Waals surface area contributed by atoms with Gasteiger partial charge >= 0.3 is 5.97 Å². The van der Waals surface area contributed by atoms with Crippen LogP contribution in [-0.4, -0.2) is 53.5 Å². The number of hydrogen-bond acceptors (Lipinski definition) is 6. The number of benzene rings is 2. The predicted molar refractivity (Wildman–Crippen MR) is 139 cm³/mol. The molecule has 0 unspecified atom stereocenters. The molecule has 0 saturated carbocycles. The van der Waals surface area contributed by atoms with Gasteiger partial charge in [0.25, 0.3) is 0 Å². The molecule has 200 valence electrons. The number of rotatable bonds is 14. The van der Waals surface area contributed by atoms with E-state index in [-0.39, 0.29) is 18.4 Å². The molecule has 0 aliphatic heterocycles. The number of esters is 1. The van der Waals surface area contributed by atoms with Crippen LogP contribution in [0.15, 0.2) is 60.7 Å². The highest BCUT2D eigenvalue weighted by molar-refractivity contribution is 5.93. The zero-order chi connectivity index (χ0) is 27.2. The standard InChI is InChI=1S/C28H37N3O6/c1-19(2)16-24(27(35)31-25(17-32)28(36)37-18-22-12-8-5-9-13-22)30-26(34)23(29-20(3)33)15-14-21-10-6-4-7-11-21/h4-13,19,23-25,32H,14-18H2,1-3H3,(H,29,33)(H,30,34)(H,31,35)/t23-,24-,25-/m0/s1. The van der Waals surface area contributed by atoms with E-state index in [9.17, 15) is 24.3 Å². The van der Waals surface area contributed by atoms with Crippen molar-refractivity contribution < 1.29 is 29.0 Å². The summed E-state index contributed by atoms with van der Waals surface area (Å²) in [5, 5.41) is 17.6. The van der Waals surface area contributed by atoms with Gasteiger partial charge < -0.3 is 25.8 Å². The van der Waals surface area contributed by atoms with Crippen molar-refractivity contribution >= 4 is 23.7 Å². The second-order valence-corrected chi connectivity index (χ2v) is 9.31. The van der Waals surface area contributed by atoms with Gasteiger partial charge in [-0.05, 0) is 36.3 Å². The Labute approximate surface area is 218 Å². The fourth-order valence-corrected chi connectivity index (χ4v) is 3.73. The van der Waals surface area contributed by atoms with Crippen molar-refractivity contribution in [1.29, 1.82) is 0 Å². The van der Waals surface area contributed by atoms with Gasteiger partial charge in [0.05, 0.1) is 6.61 Å². The normalized spacial score (nSPS) is 13.2. The lowest BCUT2D eigenvalue weighted by Gasteiger charge is -2.25. The van der Waals surface area contributed by atoms with Crippen molar-refractivity contribution in [3.05, 3.63) is 71.8 Å². The number of aryl methyl sites for hydroxylation is 1. The molecule has 0 fully saturated rings. The maximum absolute atomic E-state index is 13.1. The number of ether oxygens (including phenoxy) is 1. The first-order valence-electron chi connectivity index (χ1n) is 12.4. The van der Waals surface area contributed by atoms with E-state index in [1.165, 1.54) is 6.92 Å². The summed E-state index contributed by atoms with van der Waals surface area (Å²) in [7, 11) is 0. The van der Waals surface area contributed by atoms with Gasteiger partial charge in [-0.2, -0.15) is 0 Å². The molecule has 0 spiro atoms. The number of hydrogen-bond donors (Lipinski definition) is 4. The molecule has 37 heavy (non-hydrogen) atoms. The Bertz CT molecular complexity index is 1010. The van der Waals surface area contributed by atoms with Gasteiger partial charge in [0.15, 0.2) is 6.04 Å². The van der Waals surface area contributed by atoms with Crippen molar-refractivity contribution in [2.24, 2.45) is 5.92 Å². The minimum absolute atomic E-state index is 0.00197. The van der Waals surface area contributed by atoms with Gasteiger partial charge in [-0.1, -0.05) is 74.5 Å². The number of aliphatic hydroxyl groups is 1. The van der Waals surface area contributed by atoms with Gasteiger partial charge in [-0.25, -0.2) is 4.79 Å². The molecule has 2 rings (SSSR count). The molecular formula is C28H37N3O6. The number of carbonyl (C=O) groups is 4. The van der Waals surface area contributed by atoms with Crippen LogP contribution in [0.3, 0.4) is 0 Å². The average Bonchev–Trinajstić information content (AvgIpc) is 2.88. The highest BCUT2D eigenvalue weighted by Gasteiger charge is 2.30. The van der Waals surface area contributed by atoms with Crippen LogP contribution in [-0.2, 0) is 36.9 Å².